The molecule has 0 aromatic rings. The lowest BCUT2D eigenvalue weighted by Crippen LogP contribution is -2.21. The van der Waals surface area contributed by atoms with E-state index in [0.29, 0.717) is 17.1 Å². The molecule has 0 bridgehead atoms. The van der Waals surface area contributed by atoms with Crippen LogP contribution in [-0.2, 0) is 4.84 Å². The van der Waals surface area contributed by atoms with Crippen molar-refractivity contribution in [2.24, 2.45) is 17.0 Å². The maximum Gasteiger partial charge on any atom is 0.126 e. The standard InChI is InChI=1S/C8H13NOS/c1-5(2)8-7-6(4-11-8)3-10-9-7/h5-6,8H,3-4H2,1-2H3/t6-,8-/m1/s1. The molecular weight excluding hydrogens is 158 g/mol. The molecule has 62 valence electrons. The van der Waals surface area contributed by atoms with Crippen molar-refractivity contribution in [1.82, 2.24) is 0 Å². The predicted octanol–water partition coefficient (Wildman–Crippen LogP) is 1.76. The van der Waals surface area contributed by atoms with Crippen molar-refractivity contribution in [1.29, 1.82) is 0 Å². The molecule has 0 radical (unpaired) electrons. The molecule has 2 nitrogen and oxygen atoms in total. The molecule has 1 fully saturated rings. The maximum absolute atomic E-state index is 5.07. The van der Waals surface area contributed by atoms with Crippen molar-refractivity contribution in [3.8, 4) is 0 Å². The van der Waals surface area contributed by atoms with Crippen LogP contribution in [0.15, 0.2) is 5.16 Å². The summed E-state index contributed by atoms with van der Waals surface area (Å²) in [5.74, 6) is 2.54. The Bertz CT molecular complexity index is 191. The van der Waals surface area contributed by atoms with E-state index in [1.807, 2.05) is 11.8 Å². The number of thioether (sulfide) groups is 1. The van der Waals surface area contributed by atoms with Crippen LogP contribution in [0.1, 0.15) is 13.8 Å². The second kappa shape index (κ2) is 2.70. The molecular formula is C8H13NOS. The minimum atomic E-state index is 0.627. The lowest BCUT2D eigenvalue weighted by atomic mass is 9.98. The molecule has 2 aliphatic rings. The summed E-state index contributed by atoms with van der Waals surface area (Å²) in [4.78, 5) is 5.07. The van der Waals surface area contributed by atoms with Crippen molar-refractivity contribution >= 4 is 17.5 Å². The summed E-state index contributed by atoms with van der Waals surface area (Å²) in [6.45, 7) is 5.33. The number of nitrogens with zero attached hydrogens (tertiary/aromatic N) is 1. The van der Waals surface area contributed by atoms with Crippen LogP contribution >= 0.6 is 11.8 Å². The van der Waals surface area contributed by atoms with Crippen molar-refractivity contribution in [3.05, 3.63) is 0 Å². The normalized spacial score (nSPS) is 35.4. The van der Waals surface area contributed by atoms with Crippen LogP contribution in [0.3, 0.4) is 0 Å². The monoisotopic (exact) mass is 171 g/mol. The Morgan fingerprint density at radius 2 is 2.45 bits per heavy atom. The molecule has 0 aromatic carbocycles. The fourth-order valence-electron chi connectivity index (χ4n) is 1.62. The van der Waals surface area contributed by atoms with Gasteiger partial charge in [0.25, 0.3) is 0 Å². The molecule has 0 spiro atoms. The van der Waals surface area contributed by atoms with E-state index in [4.69, 9.17) is 4.84 Å². The summed E-state index contributed by atoms with van der Waals surface area (Å²) < 4.78 is 0. The summed E-state index contributed by atoms with van der Waals surface area (Å²) in [5, 5.41) is 4.72. The molecule has 2 rings (SSSR count). The molecule has 0 saturated carbocycles. The quantitative estimate of drug-likeness (QED) is 0.599. The van der Waals surface area contributed by atoms with Gasteiger partial charge in [-0.1, -0.05) is 19.0 Å². The van der Waals surface area contributed by atoms with Gasteiger partial charge in [0.2, 0.25) is 0 Å². The minimum Gasteiger partial charge on any atom is -0.395 e. The Hall–Kier alpha value is -0.180. The number of fused-ring (bicyclic) bond motifs is 1. The molecule has 2 heterocycles. The smallest absolute Gasteiger partial charge is 0.126 e. The zero-order valence-electron chi connectivity index (χ0n) is 6.91. The molecule has 0 aliphatic carbocycles. The van der Waals surface area contributed by atoms with E-state index >= 15 is 0 Å². The minimum absolute atomic E-state index is 0.627. The fourth-order valence-corrected chi connectivity index (χ4v) is 3.12. The summed E-state index contributed by atoms with van der Waals surface area (Å²) in [7, 11) is 0. The van der Waals surface area contributed by atoms with Crippen molar-refractivity contribution in [2.75, 3.05) is 12.4 Å². The molecule has 0 aromatic heterocycles. The number of rotatable bonds is 1. The fraction of sp³-hybridized carbons (Fsp3) is 0.875. The van der Waals surface area contributed by atoms with Gasteiger partial charge >= 0.3 is 0 Å². The Kier molecular flexibility index (Phi) is 1.83. The van der Waals surface area contributed by atoms with Gasteiger partial charge in [0, 0.05) is 16.9 Å². The van der Waals surface area contributed by atoms with E-state index < -0.39 is 0 Å². The predicted molar refractivity (Wildman–Crippen MR) is 48.0 cm³/mol. The van der Waals surface area contributed by atoms with Gasteiger partial charge < -0.3 is 4.84 Å². The van der Waals surface area contributed by atoms with Crippen molar-refractivity contribution < 1.29 is 4.84 Å². The molecule has 2 aliphatic heterocycles. The second-order valence-corrected chi connectivity index (χ2v) is 4.68. The van der Waals surface area contributed by atoms with Gasteiger partial charge in [-0.2, -0.15) is 11.8 Å². The van der Waals surface area contributed by atoms with E-state index in [9.17, 15) is 0 Å². The highest BCUT2D eigenvalue weighted by atomic mass is 32.2. The van der Waals surface area contributed by atoms with Gasteiger partial charge in [-0.05, 0) is 5.92 Å². The van der Waals surface area contributed by atoms with Crippen LogP contribution in [0.25, 0.3) is 0 Å². The summed E-state index contributed by atoms with van der Waals surface area (Å²) in [5.41, 5.74) is 1.31. The van der Waals surface area contributed by atoms with E-state index in [-0.39, 0.29) is 0 Å². The highest BCUT2D eigenvalue weighted by Crippen LogP contribution is 2.36. The number of oxime groups is 1. The van der Waals surface area contributed by atoms with Gasteiger partial charge in [0.15, 0.2) is 0 Å². The lowest BCUT2D eigenvalue weighted by Gasteiger charge is -2.11. The van der Waals surface area contributed by atoms with Gasteiger partial charge in [-0.3, -0.25) is 0 Å². The van der Waals surface area contributed by atoms with Gasteiger partial charge in [0.1, 0.15) is 6.61 Å². The van der Waals surface area contributed by atoms with Crippen LogP contribution in [0.2, 0.25) is 0 Å². The highest BCUT2D eigenvalue weighted by Gasteiger charge is 2.38. The van der Waals surface area contributed by atoms with E-state index in [1.165, 1.54) is 11.5 Å². The van der Waals surface area contributed by atoms with Gasteiger partial charge in [-0.25, -0.2) is 0 Å². The lowest BCUT2D eigenvalue weighted by molar-refractivity contribution is 0.158. The van der Waals surface area contributed by atoms with Gasteiger partial charge in [-0.15, -0.1) is 0 Å². The van der Waals surface area contributed by atoms with Crippen LogP contribution in [0.5, 0.6) is 0 Å². The van der Waals surface area contributed by atoms with E-state index in [1.54, 1.807) is 0 Å². The van der Waals surface area contributed by atoms with Crippen molar-refractivity contribution in [3.63, 3.8) is 0 Å². The van der Waals surface area contributed by atoms with E-state index in [2.05, 4.69) is 19.0 Å². The van der Waals surface area contributed by atoms with Crippen LogP contribution in [0, 0.1) is 11.8 Å². The van der Waals surface area contributed by atoms with Gasteiger partial charge in [0.05, 0.1) is 5.71 Å². The van der Waals surface area contributed by atoms with Crippen molar-refractivity contribution in [2.45, 2.75) is 19.1 Å². The Balaban J connectivity index is 2.14. The third-order valence-corrected chi connectivity index (χ3v) is 3.98. The first-order valence-electron chi connectivity index (χ1n) is 4.10. The first kappa shape index (κ1) is 7.47. The third-order valence-electron chi connectivity index (χ3n) is 2.24. The second-order valence-electron chi connectivity index (χ2n) is 3.51. The first-order valence-corrected chi connectivity index (χ1v) is 5.15. The average Bonchev–Trinajstić information content (AvgIpc) is 2.41. The Morgan fingerprint density at radius 1 is 1.64 bits per heavy atom. The maximum atomic E-state index is 5.07. The summed E-state index contributed by atoms with van der Waals surface area (Å²) >= 11 is 2.03. The number of hydrogen-bond acceptors (Lipinski definition) is 3. The number of hydrogen-bond donors (Lipinski definition) is 0. The summed E-state index contributed by atoms with van der Waals surface area (Å²) in [6, 6.07) is 0. The van der Waals surface area contributed by atoms with E-state index in [0.717, 1.165) is 6.61 Å². The molecule has 11 heavy (non-hydrogen) atoms. The molecule has 0 unspecified atom stereocenters. The molecule has 1 saturated heterocycles. The van der Waals surface area contributed by atoms with Crippen LogP contribution < -0.4 is 0 Å². The molecule has 2 atom stereocenters. The molecule has 0 N–H and O–H groups in total. The SMILES string of the molecule is CC(C)[C@H]1SC[C@H]2CON=C21. The first-order chi connectivity index (χ1) is 5.29. The highest BCUT2D eigenvalue weighted by molar-refractivity contribution is 8.01. The summed E-state index contributed by atoms with van der Waals surface area (Å²) in [6.07, 6.45) is 0. The molecule has 3 heteroatoms. The van der Waals surface area contributed by atoms with Crippen LogP contribution in [0.4, 0.5) is 0 Å². The Labute approximate surface area is 71.4 Å². The molecule has 0 amide bonds. The topological polar surface area (TPSA) is 21.6 Å². The van der Waals surface area contributed by atoms with Crippen LogP contribution in [-0.4, -0.2) is 23.3 Å². The largest absolute Gasteiger partial charge is 0.395 e. The third kappa shape index (κ3) is 1.15. The zero-order valence-corrected chi connectivity index (χ0v) is 7.73. The zero-order chi connectivity index (χ0) is 7.84. The average molecular weight is 171 g/mol. The Morgan fingerprint density at radius 3 is 3.18 bits per heavy atom.